The van der Waals surface area contributed by atoms with Crippen LogP contribution in [0.15, 0.2) is 48.5 Å². The van der Waals surface area contributed by atoms with Crippen molar-refractivity contribution in [2.45, 2.75) is 13.8 Å². The number of carbonyl (C=O) groups excluding carboxylic acids is 1. The summed E-state index contributed by atoms with van der Waals surface area (Å²) < 4.78 is 10.8. The Bertz CT molecular complexity index is 884. The van der Waals surface area contributed by atoms with Crippen molar-refractivity contribution in [2.24, 2.45) is 5.73 Å². The molecule has 0 radical (unpaired) electrons. The van der Waals surface area contributed by atoms with Crippen molar-refractivity contribution in [3.63, 3.8) is 0 Å². The Hall–Kier alpha value is -3.28. The topological polar surface area (TPSA) is 90.2 Å². The highest BCUT2D eigenvalue weighted by molar-refractivity contribution is 5.83. The Morgan fingerprint density at radius 1 is 1.08 bits per heavy atom. The van der Waals surface area contributed by atoms with Crippen molar-refractivity contribution in [1.82, 2.24) is 10.2 Å². The largest absolute Gasteiger partial charge is 0.454 e. The smallest absolute Gasteiger partial charge is 0.231 e. The van der Waals surface area contributed by atoms with Crippen LogP contribution < -0.4 is 15.2 Å². The minimum atomic E-state index is -0.333. The number of amides is 1. The first-order chi connectivity index (χ1) is 12.1. The molecule has 4 rings (SSSR count). The summed E-state index contributed by atoms with van der Waals surface area (Å²) in [4.78, 5) is 9.22. The molecule has 0 fully saturated rings. The van der Waals surface area contributed by atoms with Gasteiger partial charge in [-0.1, -0.05) is 36.4 Å². The quantitative estimate of drug-likeness (QED) is 0.751. The zero-order chi connectivity index (χ0) is 17.8. The summed E-state index contributed by atoms with van der Waals surface area (Å²) in [5.41, 5.74) is 9.72. The summed E-state index contributed by atoms with van der Waals surface area (Å²) in [5.74, 6) is 1.24. The van der Waals surface area contributed by atoms with Crippen molar-refractivity contribution >= 4 is 5.91 Å². The molecule has 128 valence electrons. The Balaban J connectivity index is 0.000000415. The Morgan fingerprint density at radius 2 is 1.76 bits per heavy atom. The van der Waals surface area contributed by atoms with E-state index in [9.17, 15) is 4.79 Å². The molecule has 25 heavy (non-hydrogen) atoms. The van der Waals surface area contributed by atoms with Gasteiger partial charge in [0.25, 0.3) is 0 Å². The van der Waals surface area contributed by atoms with Crippen LogP contribution >= 0.6 is 0 Å². The molecule has 3 aromatic rings. The molecule has 0 saturated carbocycles. The van der Waals surface area contributed by atoms with E-state index in [1.54, 1.807) is 0 Å². The highest BCUT2D eigenvalue weighted by Crippen LogP contribution is 2.39. The Kier molecular flexibility index (Phi) is 4.70. The molecule has 1 aliphatic rings. The first-order valence-corrected chi connectivity index (χ1v) is 7.82. The second-order valence-electron chi connectivity index (χ2n) is 5.62. The fourth-order valence-electron chi connectivity index (χ4n) is 2.64. The molecule has 6 nitrogen and oxygen atoms in total. The summed E-state index contributed by atoms with van der Waals surface area (Å²) in [6.07, 6.45) is 0. The molecule has 1 aliphatic heterocycles. The van der Waals surface area contributed by atoms with E-state index >= 15 is 0 Å². The molecule has 0 spiro atoms. The van der Waals surface area contributed by atoms with Crippen LogP contribution in [0.3, 0.4) is 0 Å². The number of hydrogen-bond acceptors (Lipinski definition) is 4. The average molecular weight is 337 g/mol. The summed E-state index contributed by atoms with van der Waals surface area (Å²) >= 11 is 0. The summed E-state index contributed by atoms with van der Waals surface area (Å²) in [5, 5.41) is 7.54. The number of aromatic nitrogens is 2. The van der Waals surface area contributed by atoms with Gasteiger partial charge in [0.1, 0.15) is 5.69 Å². The van der Waals surface area contributed by atoms with E-state index in [0.717, 1.165) is 39.6 Å². The maximum absolute atomic E-state index is 9.22. The van der Waals surface area contributed by atoms with Crippen LogP contribution in [0.5, 0.6) is 11.5 Å². The molecule has 0 aliphatic carbocycles. The van der Waals surface area contributed by atoms with Crippen molar-refractivity contribution in [2.75, 3.05) is 6.79 Å². The van der Waals surface area contributed by atoms with Gasteiger partial charge in [-0.3, -0.25) is 9.89 Å². The van der Waals surface area contributed by atoms with Crippen LogP contribution in [0.2, 0.25) is 0 Å². The average Bonchev–Trinajstić information content (AvgIpc) is 3.20. The minimum Gasteiger partial charge on any atom is -0.454 e. The van der Waals surface area contributed by atoms with Gasteiger partial charge in [0.05, 0.1) is 0 Å². The fraction of sp³-hybridized carbons (Fsp3) is 0.158. The van der Waals surface area contributed by atoms with Gasteiger partial charge in [-0.05, 0) is 24.6 Å². The number of aromatic amines is 1. The van der Waals surface area contributed by atoms with E-state index in [1.165, 1.54) is 6.92 Å². The molecule has 6 heteroatoms. The zero-order valence-corrected chi connectivity index (χ0v) is 14.1. The number of aryl methyl sites for hydroxylation is 1. The minimum absolute atomic E-state index is 0.286. The molecule has 3 N–H and O–H groups in total. The lowest BCUT2D eigenvalue weighted by molar-refractivity contribution is -0.115. The number of rotatable bonds is 2. The fourth-order valence-corrected chi connectivity index (χ4v) is 2.64. The molecule has 0 bridgehead atoms. The number of nitrogens with one attached hydrogen (secondary N) is 1. The number of ether oxygens (including phenoxy) is 2. The highest BCUT2D eigenvalue weighted by atomic mass is 16.7. The number of nitrogens with zero attached hydrogens (tertiary/aromatic N) is 1. The predicted octanol–water partition coefficient (Wildman–Crippen LogP) is 3.27. The van der Waals surface area contributed by atoms with Crippen molar-refractivity contribution in [3.05, 3.63) is 54.2 Å². The molecular weight excluding hydrogens is 318 g/mol. The van der Waals surface area contributed by atoms with Gasteiger partial charge in [-0.25, -0.2) is 0 Å². The SMILES string of the molecule is CC(N)=O.Cc1[nH]nc(-c2ccccc2)c1-c1ccc2c(c1)OCO2. The Labute approximate surface area is 145 Å². The van der Waals surface area contributed by atoms with E-state index in [2.05, 4.69) is 28.1 Å². The van der Waals surface area contributed by atoms with Gasteiger partial charge < -0.3 is 15.2 Å². The van der Waals surface area contributed by atoms with E-state index < -0.39 is 0 Å². The van der Waals surface area contributed by atoms with Crippen molar-refractivity contribution < 1.29 is 14.3 Å². The van der Waals surface area contributed by atoms with Crippen LogP contribution in [0.4, 0.5) is 0 Å². The number of hydrogen-bond donors (Lipinski definition) is 2. The van der Waals surface area contributed by atoms with Crippen LogP contribution in [0.1, 0.15) is 12.6 Å². The molecule has 1 amide bonds. The van der Waals surface area contributed by atoms with Gasteiger partial charge in [0, 0.05) is 23.7 Å². The van der Waals surface area contributed by atoms with Gasteiger partial charge in [-0.2, -0.15) is 5.10 Å². The zero-order valence-electron chi connectivity index (χ0n) is 14.1. The molecule has 0 unspecified atom stereocenters. The first kappa shape index (κ1) is 16.6. The lowest BCUT2D eigenvalue weighted by Gasteiger charge is -2.06. The van der Waals surface area contributed by atoms with Gasteiger partial charge in [0.2, 0.25) is 12.7 Å². The summed E-state index contributed by atoms with van der Waals surface area (Å²) in [7, 11) is 0. The number of benzene rings is 2. The van der Waals surface area contributed by atoms with Crippen LogP contribution in [-0.2, 0) is 4.79 Å². The molecule has 2 aromatic carbocycles. The van der Waals surface area contributed by atoms with E-state index in [0.29, 0.717) is 0 Å². The van der Waals surface area contributed by atoms with Crippen LogP contribution in [0.25, 0.3) is 22.4 Å². The molecule has 1 aromatic heterocycles. The third-order valence-corrected chi connectivity index (χ3v) is 3.66. The van der Waals surface area contributed by atoms with Gasteiger partial charge >= 0.3 is 0 Å². The maximum Gasteiger partial charge on any atom is 0.231 e. The summed E-state index contributed by atoms with van der Waals surface area (Å²) in [6.45, 7) is 3.62. The van der Waals surface area contributed by atoms with Crippen molar-refractivity contribution in [3.8, 4) is 33.9 Å². The van der Waals surface area contributed by atoms with E-state index in [-0.39, 0.29) is 12.7 Å². The van der Waals surface area contributed by atoms with Gasteiger partial charge in [0.15, 0.2) is 11.5 Å². The monoisotopic (exact) mass is 337 g/mol. The first-order valence-electron chi connectivity index (χ1n) is 7.82. The third kappa shape index (κ3) is 3.63. The number of primary amides is 1. The number of nitrogens with two attached hydrogens (primary N) is 1. The second kappa shape index (κ2) is 7.09. The Morgan fingerprint density at radius 3 is 2.48 bits per heavy atom. The lowest BCUT2D eigenvalue weighted by Crippen LogP contribution is -2.01. The van der Waals surface area contributed by atoms with Gasteiger partial charge in [-0.15, -0.1) is 0 Å². The molecule has 2 heterocycles. The maximum atomic E-state index is 9.22. The predicted molar refractivity (Wildman–Crippen MR) is 95.2 cm³/mol. The molecule has 0 saturated heterocycles. The third-order valence-electron chi connectivity index (χ3n) is 3.66. The molecule has 0 atom stereocenters. The van der Waals surface area contributed by atoms with E-state index in [1.807, 2.05) is 43.3 Å². The molecular formula is C19H19N3O3. The lowest BCUT2D eigenvalue weighted by atomic mass is 9.99. The van der Waals surface area contributed by atoms with Crippen molar-refractivity contribution in [1.29, 1.82) is 0 Å². The standard InChI is InChI=1S/C17H14N2O2.C2H5NO/c1-11-16(13-7-8-14-15(9-13)21-10-20-14)17(19-18-11)12-5-3-2-4-6-12;1-2(3)4/h2-9H,10H2,1H3,(H,18,19);1H3,(H2,3,4). The number of fused-ring (bicyclic) bond motifs is 1. The van der Waals surface area contributed by atoms with Crippen LogP contribution in [-0.4, -0.2) is 22.9 Å². The number of H-pyrrole nitrogens is 1. The highest BCUT2D eigenvalue weighted by Gasteiger charge is 2.18. The summed E-state index contributed by atoms with van der Waals surface area (Å²) in [6, 6.07) is 16.1. The van der Waals surface area contributed by atoms with Crippen LogP contribution in [0, 0.1) is 6.92 Å². The second-order valence-corrected chi connectivity index (χ2v) is 5.62. The normalized spacial score (nSPS) is 11.6. The van der Waals surface area contributed by atoms with E-state index in [4.69, 9.17) is 9.47 Å². The number of carbonyl (C=O) groups is 1.